The molecule has 3 aromatic rings. The minimum atomic E-state index is -0.904. The molecule has 0 amide bonds. The van der Waals surface area contributed by atoms with Gasteiger partial charge in [0, 0.05) is 42.1 Å². The average Bonchev–Trinajstić information content (AvgIpc) is 2.63. The molecule has 130 valence electrons. The summed E-state index contributed by atoms with van der Waals surface area (Å²) >= 11 is 0. The van der Waals surface area contributed by atoms with Gasteiger partial charge in [0.25, 0.3) is 0 Å². The van der Waals surface area contributed by atoms with E-state index in [9.17, 15) is 8.78 Å². The zero-order valence-corrected chi connectivity index (χ0v) is 14.6. The first-order valence-corrected chi connectivity index (χ1v) is 8.24. The molecule has 3 nitrogen and oxygen atoms in total. The third-order valence-corrected chi connectivity index (χ3v) is 4.41. The van der Waals surface area contributed by atoms with Gasteiger partial charge in [-0.1, -0.05) is 18.2 Å². The van der Waals surface area contributed by atoms with Crippen LogP contribution >= 0.6 is 0 Å². The van der Waals surface area contributed by atoms with E-state index in [0.717, 1.165) is 17.4 Å². The van der Waals surface area contributed by atoms with E-state index in [4.69, 9.17) is 0 Å². The zero-order valence-electron chi connectivity index (χ0n) is 14.6. The maximum absolute atomic E-state index is 14.0. The maximum Gasteiger partial charge on any atom is 0.185 e. The largest absolute Gasteiger partial charge is 0.382 e. The summed E-state index contributed by atoms with van der Waals surface area (Å²) in [5, 5.41) is 3.94. The molecule has 0 fully saturated rings. The second kappa shape index (κ2) is 7.05. The molecule has 0 saturated heterocycles. The van der Waals surface area contributed by atoms with Gasteiger partial charge in [0.2, 0.25) is 0 Å². The SMILES string of the molecule is Cc1cc(NCC(C)N(C)c2ccccc2)c2ccc(F)c(F)c2n1. The zero-order chi connectivity index (χ0) is 18.0. The Bertz CT molecular complexity index is 881. The summed E-state index contributed by atoms with van der Waals surface area (Å²) in [4.78, 5) is 6.31. The average molecular weight is 341 g/mol. The van der Waals surface area contributed by atoms with Crippen LogP contribution in [0.4, 0.5) is 20.2 Å². The minimum Gasteiger partial charge on any atom is -0.382 e. The van der Waals surface area contributed by atoms with Crippen LogP contribution in [-0.2, 0) is 0 Å². The molecule has 2 aromatic carbocycles. The van der Waals surface area contributed by atoms with Crippen molar-refractivity contribution in [3.05, 3.63) is 65.9 Å². The molecule has 1 heterocycles. The van der Waals surface area contributed by atoms with Crippen LogP contribution in [0.3, 0.4) is 0 Å². The summed E-state index contributed by atoms with van der Waals surface area (Å²) < 4.78 is 27.5. The normalized spacial score (nSPS) is 12.2. The Balaban J connectivity index is 1.82. The lowest BCUT2D eigenvalue weighted by Crippen LogP contribution is -2.34. The number of aryl methyl sites for hydroxylation is 1. The number of anilines is 2. The van der Waals surface area contributed by atoms with E-state index < -0.39 is 11.6 Å². The van der Waals surface area contributed by atoms with E-state index in [1.165, 1.54) is 0 Å². The Hall–Kier alpha value is -2.69. The number of fused-ring (bicyclic) bond motifs is 1. The predicted octanol–water partition coefficient (Wildman–Crippen LogP) is 4.76. The van der Waals surface area contributed by atoms with Crippen molar-refractivity contribution >= 4 is 22.3 Å². The number of pyridine rings is 1. The first-order chi connectivity index (χ1) is 12.0. The number of nitrogens with zero attached hydrogens (tertiary/aromatic N) is 2. The van der Waals surface area contributed by atoms with Crippen LogP contribution in [-0.4, -0.2) is 24.6 Å². The van der Waals surface area contributed by atoms with Crippen molar-refractivity contribution in [2.24, 2.45) is 0 Å². The highest BCUT2D eigenvalue weighted by atomic mass is 19.2. The van der Waals surface area contributed by atoms with E-state index in [-0.39, 0.29) is 11.6 Å². The van der Waals surface area contributed by atoms with Gasteiger partial charge >= 0.3 is 0 Å². The first kappa shape index (κ1) is 17.1. The molecule has 0 bridgehead atoms. The summed E-state index contributed by atoms with van der Waals surface area (Å²) in [5.74, 6) is -1.78. The molecular formula is C20H21F2N3. The van der Waals surface area contributed by atoms with Gasteiger partial charge in [0.15, 0.2) is 11.6 Å². The highest BCUT2D eigenvalue weighted by molar-refractivity contribution is 5.91. The summed E-state index contributed by atoms with van der Waals surface area (Å²) in [6.45, 7) is 4.54. The molecule has 3 rings (SSSR count). The van der Waals surface area contributed by atoms with Crippen molar-refractivity contribution in [2.45, 2.75) is 19.9 Å². The molecular weight excluding hydrogens is 320 g/mol. The van der Waals surface area contributed by atoms with Crippen LogP contribution in [0.15, 0.2) is 48.5 Å². The number of benzene rings is 2. The molecule has 1 atom stereocenters. The van der Waals surface area contributed by atoms with E-state index >= 15 is 0 Å². The van der Waals surface area contributed by atoms with Gasteiger partial charge in [-0.25, -0.2) is 13.8 Å². The number of nitrogens with one attached hydrogen (secondary N) is 1. The third-order valence-electron chi connectivity index (χ3n) is 4.41. The van der Waals surface area contributed by atoms with Crippen LogP contribution in [0, 0.1) is 18.6 Å². The first-order valence-electron chi connectivity index (χ1n) is 8.24. The van der Waals surface area contributed by atoms with Crippen LogP contribution in [0.2, 0.25) is 0 Å². The van der Waals surface area contributed by atoms with Gasteiger partial charge in [-0.3, -0.25) is 0 Å². The lowest BCUT2D eigenvalue weighted by atomic mass is 10.1. The number of likely N-dealkylation sites (N-methyl/N-ethyl adjacent to an activating group) is 1. The van der Waals surface area contributed by atoms with E-state index in [1.807, 2.05) is 31.3 Å². The molecule has 0 radical (unpaired) electrons. The second-order valence-corrected chi connectivity index (χ2v) is 6.25. The number of hydrogen-bond acceptors (Lipinski definition) is 3. The lowest BCUT2D eigenvalue weighted by Gasteiger charge is -2.27. The minimum absolute atomic E-state index is 0.0616. The molecule has 1 unspecified atom stereocenters. The monoisotopic (exact) mass is 341 g/mol. The van der Waals surface area contributed by atoms with Gasteiger partial charge in [-0.2, -0.15) is 0 Å². The van der Waals surface area contributed by atoms with E-state index in [0.29, 0.717) is 17.6 Å². The predicted molar refractivity (Wildman–Crippen MR) is 99.2 cm³/mol. The van der Waals surface area contributed by atoms with E-state index in [1.54, 1.807) is 13.0 Å². The lowest BCUT2D eigenvalue weighted by molar-refractivity contribution is 0.515. The Morgan fingerprint density at radius 1 is 1.12 bits per heavy atom. The van der Waals surface area contributed by atoms with Crippen molar-refractivity contribution in [2.75, 3.05) is 23.8 Å². The smallest absolute Gasteiger partial charge is 0.185 e. The van der Waals surface area contributed by atoms with Crippen molar-refractivity contribution < 1.29 is 8.78 Å². The number of hydrogen-bond donors (Lipinski definition) is 1. The number of para-hydroxylation sites is 1. The summed E-state index contributed by atoms with van der Waals surface area (Å²) in [6.07, 6.45) is 0. The van der Waals surface area contributed by atoms with E-state index in [2.05, 4.69) is 34.3 Å². The molecule has 0 aliphatic carbocycles. The van der Waals surface area contributed by atoms with Crippen LogP contribution in [0.5, 0.6) is 0 Å². The number of halogens is 2. The molecule has 25 heavy (non-hydrogen) atoms. The standard InChI is InChI=1S/C20H21F2N3/c1-13-11-18(16-9-10-17(21)19(22)20(16)24-13)23-12-14(2)25(3)15-7-5-4-6-8-15/h4-11,14H,12H2,1-3H3,(H,23,24). The Labute approximate surface area is 146 Å². The van der Waals surface area contributed by atoms with Gasteiger partial charge in [0.1, 0.15) is 5.52 Å². The Morgan fingerprint density at radius 2 is 1.84 bits per heavy atom. The highest BCUT2D eigenvalue weighted by Crippen LogP contribution is 2.27. The Kier molecular flexibility index (Phi) is 4.83. The van der Waals surface area contributed by atoms with Gasteiger partial charge in [-0.15, -0.1) is 0 Å². The fourth-order valence-electron chi connectivity index (χ4n) is 2.82. The summed E-state index contributed by atoms with van der Waals surface area (Å²) in [7, 11) is 2.03. The van der Waals surface area contributed by atoms with Crippen molar-refractivity contribution in [3.8, 4) is 0 Å². The number of aromatic nitrogens is 1. The molecule has 0 spiro atoms. The molecule has 0 saturated carbocycles. The Morgan fingerprint density at radius 3 is 2.56 bits per heavy atom. The van der Waals surface area contributed by atoms with Crippen molar-refractivity contribution in [1.82, 2.24) is 4.98 Å². The topological polar surface area (TPSA) is 28.2 Å². The molecule has 0 aliphatic rings. The van der Waals surface area contributed by atoms with Gasteiger partial charge in [-0.05, 0) is 44.2 Å². The molecule has 1 N–H and O–H groups in total. The fraction of sp³-hybridized carbons (Fsp3) is 0.250. The molecule has 0 aliphatic heterocycles. The van der Waals surface area contributed by atoms with Crippen LogP contribution in [0.1, 0.15) is 12.6 Å². The molecule has 5 heteroatoms. The second-order valence-electron chi connectivity index (χ2n) is 6.25. The summed E-state index contributed by atoms with van der Waals surface area (Å²) in [6, 6.07) is 14.9. The number of rotatable bonds is 5. The quantitative estimate of drug-likeness (QED) is 0.725. The highest BCUT2D eigenvalue weighted by Gasteiger charge is 2.14. The molecule has 1 aromatic heterocycles. The van der Waals surface area contributed by atoms with Crippen LogP contribution in [0.25, 0.3) is 10.9 Å². The third kappa shape index (κ3) is 3.55. The fourth-order valence-corrected chi connectivity index (χ4v) is 2.82. The van der Waals surface area contributed by atoms with Crippen molar-refractivity contribution in [1.29, 1.82) is 0 Å². The van der Waals surface area contributed by atoms with Crippen LogP contribution < -0.4 is 10.2 Å². The van der Waals surface area contributed by atoms with Gasteiger partial charge < -0.3 is 10.2 Å². The maximum atomic E-state index is 14.0. The van der Waals surface area contributed by atoms with Gasteiger partial charge in [0.05, 0.1) is 0 Å². The summed E-state index contributed by atoms with van der Waals surface area (Å²) in [5.41, 5.74) is 2.59. The van der Waals surface area contributed by atoms with Crippen molar-refractivity contribution in [3.63, 3.8) is 0 Å².